The lowest BCUT2D eigenvalue weighted by atomic mass is 10.0. The second-order valence-corrected chi connectivity index (χ2v) is 5.95. The van der Waals surface area contributed by atoms with Gasteiger partial charge in [0, 0.05) is 26.1 Å². The van der Waals surface area contributed by atoms with Gasteiger partial charge in [-0.25, -0.2) is 9.07 Å². The zero-order chi connectivity index (χ0) is 16.9. The van der Waals surface area contributed by atoms with Crippen LogP contribution in [0.5, 0.6) is 0 Å². The van der Waals surface area contributed by atoms with Gasteiger partial charge in [-0.05, 0) is 48.0 Å². The summed E-state index contributed by atoms with van der Waals surface area (Å²) in [6, 6.07) is 5.67. The number of rotatable bonds is 4. The van der Waals surface area contributed by atoms with Crippen LogP contribution in [0.2, 0.25) is 0 Å². The minimum Gasteiger partial charge on any atom is -0.340 e. The summed E-state index contributed by atoms with van der Waals surface area (Å²) in [5.74, 6) is 0.292. The fraction of sp³-hybridized carbons (Fsp3) is 0.500. The van der Waals surface area contributed by atoms with E-state index < -0.39 is 6.04 Å². The predicted octanol–water partition coefficient (Wildman–Crippen LogP) is 0.726. The van der Waals surface area contributed by atoms with Crippen LogP contribution in [-0.2, 0) is 11.2 Å². The molecule has 128 valence electrons. The quantitative estimate of drug-likeness (QED) is 0.893. The molecule has 1 unspecified atom stereocenters. The number of amides is 1. The molecule has 2 heterocycles. The summed E-state index contributed by atoms with van der Waals surface area (Å²) >= 11 is 0. The number of carbonyl (C=O) groups is 1. The number of benzene rings is 1. The van der Waals surface area contributed by atoms with Crippen molar-refractivity contribution >= 4 is 5.91 Å². The Morgan fingerprint density at radius 1 is 1.29 bits per heavy atom. The first-order valence-electron chi connectivity index (χ1n) is 8.13. The maximum absolute atomic E-state index is 13.1. The number of carbonyl (C=O) groups excluding carboxylic acids is 1. The number of hydrogen-bond donors (Lipinski definition) is 1. The van der Waals surface area contributed by atoms with Crippen LogP contribution in [0.25, 0.3) is 0 Å². The standard InChI is InChI=1S/C16H21FN6O/c1-12-19-20-21-23(12)15(11-13-3-5-14(17)6-4-13)16(24)22-9-2-7-18-8-10-22/h3-6,15,18H,2,7-11H2,1H3. The smallest absolute Gasteiger partial charge is 0.247 e. The molecule has 0 aliphatic carbocycles. The zero-order valence-corrected chi connectivity index (χ0v) is 13.7. The Labute approximate surface area is 139 Å². The van der Waals surface area contributed by atoms with E-state index >= 15 is 0 Å². The predicted molar refractivity (Wildman–Crippen MR) is 85.8 cm³/mol. The summed E-state index contributed by atoms with van der Waals surface area (Å²) in [7, 11) is 0. The number of aryl methyl sites for hydroxylation is 1. The molecule has 0 radical (unpaired) electrons. The van der Waals surface area contributed by atoms with E-state index in [1.165, 1.54) is 12.1 Å². The van der Waals surface area contributed by atoms with Crippen LogP contribution in [-0.4, -0.2) is 57.2 Å². The summed E-state index contributed by atoms with van der Waals surface area (Å²) in [6.07, 6.45) is 1.35. The molecule has 3 rings (SSSR count). The van der Waals surface area contributed by atoms with Gasteiger partial charge in [-0.15, -0.1) is 5.10 Å². The van der Waals surface area contributed by atoms with Crippen molar-refractivity contribution in [2.24, 2.45) is 0 Å². The average Bonchev–Trinajstić information content (AvgIpc) is 2.85. The van der Waals surface area contributed by atoms with Crippen LogP contribution in [0.3, 0.4) is 0 Å². The van der Waals surface area contributed by atoms with Gasteiger partial charge in [0.2, 0.25) is 5.91 Å². The zero-order valence-electron chi connectivity index (χ0n) is 13.7. The van der Waals surface area contributed by atoms with Crippen molar-refractivity contribution in [2.45, 2.75) is 25.8 Å². The molecule has 1 aromatic heterocycles. The first-order valence-corrected chi connectivity index (χ1v) is 8.13. The van der Waals surface area contributed by atoms with Crippen LogP contribution in [0, 0.1) is 12.7 Å². The van der Waals surface area contributed by atoms with Gasteiger partial charge in [-0.1, -0.05) is 12.1 Å². The van der Waals surface area contributed by atoms with E-state index in [0.717, 1.165) is 25.1 Å². The van der Waals surface area contributed by atoms with E-state index in [-0.39, 0.29) is 11.7 Å². The van der Waals surface area contributed by atoms with Gasteiger partial charge in [-0.2, -0.15) is 0 Å². The molecule has 1 amide bonds. The van der Waals surface area contributed by atoms with E-state index in [9.17, 15) is 9.18 Å². The van der Waals surface area contributed by atoms with Gasteiger partial charge in [-0.3, -0.25) is 4.79 Å². The number of nitrogens with zero attached hydrogens (tertiary/aromatic N) is 5. The van der Waals surface area contributed by atoms with Crippen LogP contribution in [0.1, 0.15) is 23.9 Å². The Bertz CT molecular complexity index is 678. The highest BCUT2D eigenvalue weighted by Gasteiger charge is 2.29. The van der Waals surface area contributed by atoms with E-state index in [0.29, 0.717) is 25.3 Å². The van der Waals surface area contributed by atoms with Gasteiger partial charge in [0.1, 0.15) is 17.7 Å². The molecule has 1 aliphatic rings. The molecule has 7 nitrogen and oxygen atoms in total. The lowest BCUT2D eigenvalue weighted by molar-refractivity contribution is -0.135. The van der Waals surface area contributed by atoms with Crippen molar-refractivity contribution in [2.75, 3.05) is 26.2 Å². The molecule has 2 aromatic rings. The summed E-state index contributed by atoms with van der Waals surface area (Å²) in [5, 5.41) is 14.8. The summed E-state index contributed by atoms with van der Waals surface area (Å²) in [6.45, 7) is 4.85. The topological polar surface area (TPSA) is 75.9 Å². The first kappa shape index (κ1) is 16.5. The molecule has 1 aromatic carbocycles. The molecule has 8 heteroatoms. The third-order valence-corrected chi connectivity index (χ3v) is 4.23. The van der Waals surface area contributed by atoms with Crippen molar-refractivity contribution in [3.05, 3.63) is 41.5 Å². The van der Waals surface area contributed by atoms with Crippen LogP contribution in [0.4, 0.5) is 4.39 Å². The minimum absolute atomic E-state index is 0.00146. The second-order valence-electron chi connectivity index (χ2n) is 5.95. The van der Waals surface area contributed by atoms with Crippen molar-refractivity contribution in [1.29, 1.82) is 0 Å². The highest BCUT2D eigenvalue weighted by molar-refractivity contribution is 5.80. The maximum Gasteiger partial charge on any atom is 0.247 e. The molecule has 1 N–H and O–H groups in total. The second kappa shape index (κ2) is 7.48. The largest absolute Gasteiger partial charge is 0.340 e. The first-order chi connectivity index (χ1) is 11.6. The van der Waals surface area contributed by atoms with E-state index in [4.69, 9.17) is 0 Å². The highest BCUT2D eigenvalue weighted by atomic mass is 19.1. The number of halogens is 1. The molecular weight excluding hydrogens is 311 g/mol. The van der Waals surface area contributed by atoms with Crippen molar-refractivity contribution < 1.29 is 9.18 Å². The minimum atomic E-state index is -0.524. The molecule has 0 saturated carbocycles. The molecule has 0 spiro atoms. The van der Waals surface area contributed by atoms with Gasteiger partial charge >= 0.3 is 0 Å². The van der Waals surface area contributed by atoms with Crippen LogP contribution in [0.15, 0.2) is 24.3 Å². The number of aromatic nitrogens is 4. The highest BCUT2D eigenvalue weighted by Crippen LogP contribution is 2.18. The third-order valence-electron chi connectivity index (χ3n) is 4.23. The summed E-state index contributed by atoms with van der Waals surface area (Å²) < 4.78 is 14.7. The van der Waals surface area contributed by atoms with Gasteiger partial charge in [0.05, 0.1) is 0 Å². The third kappa shape index (κ3) is 3.76. The number of tetrazole rings is 1. The lowest BCUT2D eigenvalue weighted by Gasteiger charge is -2.26. The SMILES string of the molecule is Cc1nnnn1C(Cc1ccc(F)cc1)C(=O)N1CCCNCC1. The van der Waals surface area contributed by atoms with E-state index in [2.05, 4.69) is 20.8 Å². The van der Waals surface area contributed by atoms with Gasteiger partial charge in [0.25, 0.3) is 0 Å². The van der Waals surface area contributed by atoms with Gasteiger partial charge in [0.15, 0.2) is 0 Å². The molecular formula is C16H21FN6O. The fourth-order valence-electron chi connectivity index (χ4n) is 2.93. The Kier molecular flexibility index (Phi) is 5.14. The van der Waals surface area contributed by atoms with Crippen molar-refractivity contribution in [3.63, 3.8) is 0 Å². The average molecular weight is 332 g/mol. The Hall–Kier alpha value is -2.35. The number of nitrogens with one attached hydrogen (secondary N) is 1. The van der Waals surface area contributed by atoms with E-state index in [1.54, 1.807) is 23.7 Å². The van der Waals surface area contributed by atoms with Crippen LogP contribution >= 0.6 is 0 Å². The molecule has 24 heavy (non-hydrogen) atoms. The normalized spacial score (nSPS) is 16.7. The number of hydrogen-bond acceptors (Lipinski definition) is 5. The van der Waals surface area contributed by atoms with Crippen LogP contribution < -0.4 is 5.32 Å². The van der Waals surface area contributed by atoms with Gasteiger partial charge < -0.3 is 10.2 Å². The lowest BCUT2D eigenvalue weighted by Crippen LogP contribution is -2.40. The molecule has 1 atom stereocenters. The van der Waals surface area contributed by atoms with E-state index in [1.807, 2.05) is 4.90 Å². The monoisotopic (exact) mass is 332 g/mol. The Morgan fingerprint density at radius 2 is 2.08 bits per heavy atom. The molecule has 1 saturated heterocycles. The Morgan fingerprint density at radius 3 is 2.79 bits per heavy atom. The Balaban J connectivity index is 1.85. The molecule has 1 aliphatic heterocycles. The fourth-order valence-corrected chi connectivity index (χ4v) is 2.93. The molecule has 0 bridgehead atoms. The van der Waals surface area contributed by atoms with Crippen molar-refractivity contribution in [3.8, 4) is 0 Å². The maximum atomic E-state index is 13.1. The molecule has 1 fully saturated rings. The van der Waals surface area contributed by atoms with Crippen molar-refractivity contribution in [1.82, 2.24) is 30.4 Å². The summed E-state index contributed by atoms with van der Waals surface area (Å²) in [4.78, 5) is 14.9. The summed E-state index contributed by atoms with van der Waals surface area (Å²) in [5.41, 5.74) is 0.873.